The number of carbonyl (C=O) groups excluding carboxylic acids is 5. The van der Waals surface area contributed by atoms with Crippen molar-refractivity contribution in [3.8, 4) is 0 Å². The van der Waals surface area contributed by atoms with Crippen molar-refractivity contribution in [3.05, 3.63) is 216 Å². The number of anilines is 5. The van der Waals surface area contributed by atoms with Crippen LogP contribution in [0, 0.1) is 0 Å². The Hall–Kier alpha value is -10.0. The van der Waals surface area contributed by atoms with Gasteiger partial charge in [0.25, 0.3) is 0 Å². The van der Waals surface area contributed by atoms with Crippen LogP contribution in [0.1, 0.15) is 415 Å². The molecule has 4 N–H and O–H groups in total. The number of aryl methyl sites for hydroxylation is 1. The lowest BCUT2D eigenvalue weighted by atomic mass is 9.67. The Labute approximate surface area is 876 Å². The van der Waals surface area contributed by atoms with E-state index in [0.29, 0.717) is 31.6 Å². The first-order chi connectivity index (χ1) is 66.8. The summed E-state index contributed by atoms with van der Waals surface area (Å²) in [5, 5.41) is 20.5. The van der Waals surface area contributed by atoms with Crippen LogP contribution in [-0.4, -0.2) is 150 Å². The van der Waals surface area contributed by atoms with Gasteiger partial charge in [0, 0.05) is 133 Å². The van der Waals surface area contributed by atoms with E-state index in [-0.39, 0.29) is 84.2 Å². The van der Waals surface area contributed by atoms with Gasteiger partial charge in [0.2, 0.25) is 11.8 Å². The van der Waals surface area contributed by atoms with E-state index in [9.17, 15) is 33.9 Å². The van der Waals surface area contributed by atoms with Crippen LogP contribution in [0.15, 0.2) is 127 Å². The molecule has 145 heavy (non-hydrogen) atoms. The minimum absolute atomic E-state index is 0.0517. The number of rotatable bonds is 0. The van der Waals surface area contributed by atoms with Crippen LogP contribution in [0.4, 0.5) is 47.6 Å². The van der Waals surface area contributed by atoms with Crippen molar-refractivity contribution < 1.29 is 48.1 Å². The van der Waals surface area contributed by atoms with Gasteiger partial charge in [-0.2, -0.15) is 0 Å². The zero-order valence-corrected chi connectivity index (χ0v) is 96.7. The van der Waals surface area contributed by atoms with E-state index in [2.05, 4.69) is 310 Å². The molecule has 0 atom stereocenters. The number of piperidine rings is 2. The van der Waals surface area contributed by atoms with Gasteiger partial charge in [-0.15, -0.1) is 0 Å². The maximum absolute atomic E-state index is 12.4. The Morgan fingerprint density at radius 3 is 1.05 bits per heavy atom. The van der Waals surface area contributed by atoms with Crippen molar-refractivity contribution in [1.29, 1.82) is 0 Å². The van der Waals surface area contributed by atoms with E-state index in [0.717, 1.165) is 146 Å². The molecular weight excluding hydrogens is 1800 g/mol. The Kier molecular flexibility index (Phi) is 36.7. The lowest BCUT2D eigenvalue weighted by molar-refractivity contribution is -0.129. The molecule has 7 aromatic rings. The van der Waals surface area contributed by atoms with Crippen LogP contribution in [0.2, 0.25) is 0 Å². The summed E-state index contributed by atoms with van der Waals surface area (Å²) in [6.45, 7) is 86.8. The first-order valence-corrected chi connectivity index (χ1v) is 54.4. The van der Waals surface area contributed by atoms with E-state index in [1.165, 1.54) is 132 Å². The molecule has 9 aliphatic rings. The summed E-state index contributed by atoms with van der Waals surface area (Å²) in [6, 6.07) is 47.2. The van der Waals surface area contributed by atoms with Gasteiger partial charge in [0.15, 0.2) is 0 Å². The largest absolute Gasteiger partial charge is 0.465 e. The van der Waals surface area contributed by atoms with Gasteiger partial charge in [-0.3, -0.25) is 14.5 Å². The Morgan fingerprint density at radius 2 is 0.614 bits per heavy atom. The standard InChI is InChI=1S/C23H34N2O4.C22H34N2O2.C18H27NO2.C18H27NO.C16H25N.C15H21NO.C14H21N/c1-21(2,3)16-7-8-17-18(15-16)25(19(26)27)14-11-23(17)9-12-24(13-10-23)20(28)29-22(4,5)6;1-20(2,3)16-7-8-17-18(15-16)23-12-9-22(17)10-13-24(14-11-22)19(25)26-21(4,5)6;1-17(2,3)15-8-7-13-9-10-19(12-14(13)11-15)16(20)21-18(4,5)6;1-13(20)19-11-7-10-18(5,6)15-9-8-14(12-16(15)19)17(2,3)4;1-15(2,3)12-7-8-13-14(11-12)17-10-6-9-16(13,4)5;1-11(17)16-8-7-12-5-6-14(15(2,3)4)9-13(12)10-16;1-14(2,3)12-8-7-11-6-4-5-9-15-13(11)10-12/h7-8,15H,9-14H2,1-6H3,(H,26,27);7-8,15,23H,9-14H2,1-6H3;7-8,11H,9-10,12H2,1-6H3;8-9,12H,7,10-11H2,1-6H3;7-8,11,17H,6,9-10H2,1-5H3;5-6,9H,7-8,10H2,1-4H3;7-8,10,15H,4-6,9H2,1-3H3. The smallest absolute Gasteiger partial charge is 0.411 e. The van der Waals surface area contributed by atoms with E-state index in [1.807, 2.05) is 83.1 Å². The fourth-order valence-electron chi connectivity index (χ4n) is 21.1. The Bertz CT molecular complexity index is 5650. The third-order valence-corrected chi connectivity index (χ3v) is 30.7. The molecule has 16 rings (SSSR count). The highest BCUT2D eigenvalue weighted by Gasteiger charge is 2.47. The number of amides is 6. The average molecular weight is 1990 g/mol. The van der Waals surface area contributed by atoms with Crippen molar-refractivity contribution in [3.63, 3.8) is 0 Å². The number of ether oxygens (including phenoxy) is 3. The molecule has 0 aliphatic carbocycles. The molecule has 9 aliphatic heterocycles. The van der Waals surface area contributed by atoms with E-state index in [1.54, 1.807) is 23.6 Å². The predicted molar refractivity (Wildman–Crippen MR) is 604 cm³/mol. The van der Waals surface area contributed by atoms with Gasteiger partial charge < -0.3 is 59.8 Å². The molecule has 19 heteroatoms. The lowest BCUT2D eigenvalue weighted by Gasteiger charge is -2.47. The average Bonchev–Trinajstić information content (AvgIpc) is 0.900. The van der Waals surface area contributed by atoms with Gasteiger partial charge in [-0.25, -0.2) is 19.2 Å². The quantitative estimate of drug-likeness (QED) is 0.104. The number of nitrogens with one attached hydrogen (secondary N) is 3. The number of hydrogen-bond donors (Lipinski definition) is 4. The number of carboxylic acid groups (broad SMARTS) is 1. The molecule has 7 aromatic carbocycles. The fourth-order valence-corrected chi connectivity index (χ4v) is 21.1. The molecule has 0 radical (unpaired) electrons. The molecule has 6 amide bonds. The van der Waals surface area contributed by atoms with Gasteiger partial charge >= 0.3 is 24.4 Å². The summed E-state index contributed by atoms with van der Waals surface area (Å²) >= 11 is 0. The minimum Gasteiger partial charge on any atom is -0.465 e. The molecule has 2 spiro atoms. The SMILES string of the molecule is CC(=O)N1CCCC(C)(C)c2ccc(C(C)(C)C)cc21.CC(=O)N1CCc2ccc(C(C)(C)C)cc2C1.CC(C)(C)OC(=O)N1CCC2(CC1)CCN(C(=O)O)c1cc(C(C)(C)C)ccc12.CC(C)(C)OC(=O)N1CCC2(CCNc3cc(C(C)(C)C)ccc32)CC1.CC(C)(C)OC(=O)N1CCc2ccc(C(C)(C)C)cc2C1.CC(C)(C)c1ccc2c(c1)NCCCC2.CC(C)(C)c1ccc2c(c1)NCCCC2(C)C. The van der Waals surface area contributed by atoms with Crippen LogP contribution in [0.25, 0.3) is 0 Å². The summed E-state index contributed by atoms with van der Waals surface area (Å²) < 4.78 is 16.6. The highest BCUT2D eigenvalue weighted by Crippen LogP contribution is 2.51. The van der Waals surface area contributed by atoms with E-state index >= 15 is 0 Å². The molecule has 0 unspecified atom stereocenters. The van der Waals surface area contributed by atoms with Crippen molar-refractivity contribution in [2.24, 2.45) is 0 Å². The first-order valence-electron chi connectivity index (χ1n) is 54.4. The number of nitrogens with zero attached hydrogens (tertiary/aromatic N) is 6. The fraction of sp³-hybridized carbons (Fsp3) is 0.619. The zero-order chi connectivity index (χ0) is 108. The second kappa shape index (κ2) is 45.6. The summed E-state index contributed by atoms with van der Waals surface area (Å²) in [4.78, 5) is 83.2. The number of likely N-dealkylation sites (tertiary alicyclic amines) is 2. The van der Waals surface area contributed by atoms with Crippen LogP contribution < -0.4 is 25.8 Å². The third-order valence-electron chi connectivity index (χ3n) is 30.7. The van der Waals surface area contributed by atoms with Crippen molar-refractivity contribution in [2.45, 2.75) is 435 Å². The Balaban J connectivity index is 0.000000175. The molecule has 2 fully saturated rings. The van der Waals surface area contributed by atoms with Gasteiger partial charge in [-0.05, 0) is 327 Å². The molecule has 0 saturated carbocycles. The first kappa shape index (κ1) is 117. The summed E-state index contributed by atoms with van der Waals surface area (Å²) in [5.74, 6) is 0.326. The monoisotopic (exact) mass is 1990 g/mol. The maximum Gasteiger partial charge on any atom is 0.411 e. The van der Waals surface area contributed by atoms with Crippen LogP contribution in [0.3, 0.4) is 0 Å². The highest BCUT2D eigenvalue weighted by atomic mass is 16.6. The molecule has 19 nitrogen and oxygen atoms in total. The van der Waals surface area contributed by atoms with Gasteiger partial charge in [0.1, 0.15) is 16.8 Å². The van der Waals surface area contributed by atoms with Gasteiger partial charge in [0.05, 0.1) is 5.69 Å². The number of hydrogen-bond acceptors (Lipinski definition) is 12. The summed E-state index contributed by atoms with van der Waals surface area (Å²) in [5.41, 5.74) is 27.5. The van der Waals surface area contributed by atoms with Crippen molar-refractivity contribution in [2.75, 3.05) is 97.7 Å². The van der Waals surface area contributed by atoms with Gasteiger partial charge in [-0.1, -0.05) is 270 Å². The number of fused-ring (bicyclic) bond motifs is 9. The van der Waals surface area contributed by atoms with Crippen molar-refractivity contribution in [1.82, 2.24) is 19.6 Å². The van der Waals surface area contributed by atoms with Crippen LogP contribution in [-0.2, 0) is 116 Å². The molecule has 798 valence electrons. The molecular formula is C126H189N9O10. The second-order valence-corrected chi connectivity index (χ2v) is 54.2. The minimum atomic E-state index is -0.904. The predicted octanol–water partition coefficient (Wildman–Crippen LogP) is 30.0. The summed E-state index contributed by atoms with van der Waals surface area (Å²) in [6.07, 6.45) is 14.4. The molecule has 0 bridgehead atoms. The van der Waals surface area contributed by atoms with Crippen LogP contribution in [0.5, 0.6) is 0 Å². The normalized spacial score (nSPS) is 17.9. The second-order valence-electron chi connectivity index (χ2n) is 54.2. The van der Waals surface area contributed by atoms with Crippen molar-refractivity contribution >= 4 is 64.6 Å². The molecule has 0 aromatic heterocycles. The number of carbonyl (C=O) groups is 6. The topological polar surface area (TPSA) is 206 Å². The highest BCUT2D eigenvalue weighted by molar-refractivity contribution is 5.93. The molecule has 2 saturated heterocycles. The van der Waals surface area contributed by atoms with E-state index in [4.69, 9.17) is 14.2 Å². The maximum atomic E-state index is 12.4. The summed E-state index contributed by atoms with van der Waals surface area (Å²) in [7, 11) is 0. The lowest BCUT2D eigenvalue weighted by Crippen LogP contribution is -2.50. The zero-order valence-electron chi connectivity index (χ0n) is 96.7. The van der Waals surface area contributed by atoms with E-state index < -0.39 is 22.9 Å². The Morgan fingerprint density at radius 1 is 0.283 bits per heavy atom. The van der Waals surface area contributed by atoms with Crippen LogP contribution >= 0.6 is 0 Å². The molecule has 9 heterocycles. The third kappa shape index (κ3) is 31.5. The number of benzene rings is 7.